The summed E-state index contributed by atoms with van der Waals surface area (Å²) in [7, 11) is 0. The number of carbonyl (C=O) groups excluding carboxylic acids is 2. The maximum Gasteiger partial charge on any atom is 0.319 e. The van der Waals surface area contributed by atoms with E-state index in [1.54, 1.807) is 0 Å². The summed E-state index contributed by atoms with van der Waals surface area (Å²) in [5.74, 6) is 0.177. The Morgan fingerprint density at radius 2 is 1.96 bits per heavy atom. The normalized spacial score (nSPS) is 20.2. The largest absolute Gasteiger partial charge is 0.376 e. The molecule has 1 atom stereocenters. The van der Waals surface area contributed by atoms with Crippen molar-refractivity contribution in [3.8, 4) is 0 Å². The molecule has 3 N–H and O–H groups in total. The van der Waals surface area contributed by atoms with Crippen molar-refractivity contribution in [1.29, 1.82) is 0 Å². The van der Waals surface area contributed by atoms with E-state index in [2.05, 4.69) is 20.9 Å². The molecule has 0 bridgehead atoms. The van der Waals surface area contributed by atoms with E-state index in [1.165, 1.54) is 17.8 Å². The van der Waals surface area contributed by atoms with Crippen LogP contribution in [0.25, 0.3) is 10.2 Å². The Bertz CT molecular complexity index is 841. The number of amides is 3. The van der Waals surface area contributed by atoms with E-state index in [9.17, 15) is 9.59 Å². The van der Waals surface area contributed by atoms with Gasteiger partial charge in [0.15, 0.2) is 5.13 Å². The van der Waals surface area contributed by atoms with Gasteiger partial charge in [0, 0.05) is 24.8 Å². The number of aromatic nitrogens is 1. The van der Waals surface area contributed by atoms with Gasteiger partial charge in [-0.2, -0.15) is 0 Å². The summed E-state index contributed by atoms with van der Waals surface area (Å²) in [4.78, 5) is 29.0. The molecule has 2 aliphatic rings. The standard InChI is InChI=1S/C20H26N4O3S/c25-18(13-5-2-1-3-6-13)24-20-23-16-11-14(8-9-17(16)28-20)22-19(26)21-12-15-7-4-10-27-15/h8-9,11,13,15H,1-7,10,12H2,(H2,21,22,26)(H,23,24,25)/t15-/m0/s1. The minimum absolute atomic E-state index is 0.0746. The molecule has 150 valence electrons. The lowest BCUT2D eigenvalue weighted by molar-refractivity contribution is -0.120. The fourth-order valence-corrected chi connectivity index (χ4v) is 4.67. The topological polar surface area (TPSA) is 92.4 Å². The van der Waals surface area contributed by atoms with Gasteiger partial charge < -0.3 is 20.7 Å². The van der Waals surface area contributed by atoms with Crippen molar-refractivity contribution < 1.29 is 14.3 Å². The predicted octanol–water partition coefficient (Wildman–Crippen LogP) is 4.12. The number of thiazole rings is 1. The lowest BCUT2D eigenvalue weighted by Gasteiger charge is -2.19. The van der Waals surface area contributed by atoms with Gasteiger partial charge in [0.05, 0.1) is 16.3 Å². The van der Waals surface area contributed by atoms with E-state index in [0.29, 0.717) is 17.4 Å². The Balaban J connectivity index is 1.34. The number of ether oxygens (including phenoxy) is 1. The number of carbonyl (C=O) groups is 2. The van der Waals surface area contributed by atoms with Crippen LogP contribution in [0.15, 0.2) is 18.2 Å². The number of rotatable bonds is 5. The van der Waals surface area contributed by atoms with Gasteiger partial charge >= 0.3 is 6.03 Å². The molecular weight excluding hydrogens is 376 g/mol. The van der Waals surface area contributed by atoms with E-state index >= 15 is 0 Å². The Labute approximate surface area is 168 Å². The number of nitrogens with one attached hydrogen (secondary N) is 3. The summed E-state index contributed by atoms with van der Waals surface area (Å²) < 4.78 is 6.48. The number of nitrogens with zero attached hydrogens (tertiary/aromatic N) is 1. The van der Waals surface area contributed by atoms with Crippen molar-refractivity contribution in [3.63, 3.8) is 0 Å². The summed E-state index contributed by atoms with van der Waals surface area (Å²) in [5.41, 5.74) is 1.44. The third-order valence-electron chi connectivity index (χ3n) is 5.37. The molecule has 0 radical (unpaired) electrons. The van der Waals surface area contributed by atoms with Crippen LogP contribution in [0.5, 0.6) is 0 Å². The molecule has 2 fully saturated rings. The van der Waals surface area contributed by atoms with Crippen molar-refractivity contribution >= 4 is 44.3 Å². The molecule has 0 unspecified atom stereocenters. The zero-order chi connectivity index (χ0) is 19.3. The molecule has 1 saturated carbocycles. The number of fused-ring (bicyclic) bond motifs is 1. The summed E-state index contributed by atoms with van der Waals surface area (Å²) in [6.45, 7) is 1.29. The van der Waals surface area contributed by atoms with Gasteiger partial charge in [0.1, 0.15) is 0 Å². The molecule has 4 rings (SSSR count). The number of hydrogen-bond acceptors (Lipinski definition) is 5. The predicted molar refractivity (Wildman–Crippen MR) is 111 cm³/mol. The first-order valence-corrected chi connectivity index (χ1v) is 10.9. The van der Waals surface area contributed by atoms with Crippen LogP contribution in [-0.4, -0.2) is 36.2 Å². The average Bonchev–Trinajstić information content (AvgIpc) is 3.36. The maximum absolute atomic E-state index is 12.4. The lowest BCUT2D eigenvalue weighted by Crippen LogP contribution is -2.34. The quantitative estimate of drug-likeness (QED) is 0.702. The van der Waals surface area contributed by atoms with Gasteiger partial charge in [0.2, 0.25) is 5.91 Å². The second-order valence-corrected chi connectivity index (χ2v) is 8.53. The number of benzene rings is 1. The Morgan fingerprint density at radius 1 is 1.11 bits per heavy atom. The summed E-state index contributed by atoms with van der Waals surface area (Å²) in [6, 6.07) is 5.34. The van der Waals surface area contributed by atoms with Crippen molar-refractivity contribution in [2.75, 3.05) is 23.8 Å². The molecule has 1 aromatic heterocycles. The first-order chi connectivity index (χ1) is 13.7. The van der Waals surface area contributed by atoms with Crippen molar-refractivity contribution in [1.82, 2.24) is 10.3 Å². The highest BCUT2D eigenvalue weighted by Gasteiger charge is 2.22. The summed E-state index contributed by atoms with van der Waals surface area (Å²) in [6.07, 6.45) is 7.56. The third kappa shape index (κ3) is 4.80. The minimum Gasteiger partial charge on any atom is -0.376 e. The summed E-state index contributed by atoms with van der Waals surface area (Å²) >= 11 is 1.46. The van der Waals surface area contributed by atoms with Crippen LogP contribution in [0.4, 0.5) is 15.6 Å². The van der Waals surface area contributed by atoms with Gasteiger partial charge in [-0.3, -0.25) is 4.79 Å². The molecule has 1 aromatic carbocycles. The Hall–Kier alpha value is -2.19. The molecule has 3 amide bonds. The number of hydrogen-bond donors (Lipinski definition) is 3. The average molecular weight is 403 g/mol. The first kappa shape index (κ1) is 19.1. The molecule has 28 heavy (non-hydrogen) atoms. The first-order valence-electron chi connectivity index (χ1n) is 10.1. The monoisotopic (exact) mass is 402 g/mol. The van der Waals surface area contributed by atoms with Gasteiger partial charge in [-0.05, 0) is 43.9 Å². The van der Waals surface area contributed by atoms with E-state index in [1.807, 2.05) is 18.2 Å². The molecule has 1 aliphatic heterocycles. The zero-order valence-corrected chi connectivity index (χ0v) is 16.6. The molecular formula is C20H26N4O3S. The van der Waals surface area contributed by atoms with Gasteiger partial charge in [-0.1, -0.05) is 30.6 Å². The van der Waals surface area contributed by atoms with Crippen molar-refractivity contribution in [2.24, 2.45) is 5.92 Å². The van der Waals surface area contributed by atoms with Crippen molar-refractivity contribution in [3.05, 3.63) is 18.2 Å². The highest BCUT2D eigenvalue weighted by molar-refractivity contribution is 7.22. The molecule has 1 saturated heterocycles. The van der Waals surface area contributed by atoms with E-state index in [-0.39, 0.29) is 24.0 Å². The van der Waals surface area contributed by atoms with E-state index in [0.717, 1.165) is 55.3 Å². The summed E-state index contributed by atoms with van der Waals surface area (Å²) in [5, 5.41) is 9.25. The molecule has 8 heteroatoms. The molecule has 2 heterocycles. The molecule has 2 aromatic rings. The van der Waals surface area contributed by atoms with Crippen LogP contribution in [-0.2, 0) is 9.53 Å². The SMILES string of the molecule is O=C(NC[C@@H]1CCCO1)Nc1ccc2sc(NC(=O)C3CCCCC3)nc2c1. The van der Waals surface area contributed by atoms with Crippen LogP contribution >= 0.6 is 11.3 Å². The van der Waals surface area contributed by atoms with Crippen LogP contribution < -0.4 is 16.0 Å². The second-order valence-electron chi connectivity index (χ2n) is 7.50. The van der Waals surface area contributed by atoms with Crippen LogP contribution in [0.2, 0.25) is 0 Å². The molecule has 7 nitrogen and oxygen atoms in total. The van der Waals surface area contributed by atoms with Gasteiger partial charge in [0.25, 0.3) is 0 Å². The van der Waals surface area contributed by atoms with Crippen LogP contribution in [0.3, 0.4) is 0 Å². The smallest absolute Gasteiger partial charge is 0.319 e. The fourth-order valence-electron chi connectivity index (χ4n) is 3.82. The Kier molecular flexibility index (Phi) is 6.07. The van der Waals surface area contributed by atoms with Crippen LogP contribution in [0, 0.1) is 5.92 Å². The third-order valence-corrected chi connectivity index (χ3v) is 6.32. The molecule has 1 aliphatic carbocycles. The second kappa shape index (κ2) is 8.87. The fraction of sp³-hybridized carbons (Fsp3) is 0.550. The Morgan fingerprint density at radius 3 is 2.75 bits per heavy atom. The van der Waals surface area contributed by atoms with Gasteiger partial charge in [-0.25, -0.2) is 9.78 Å². The molecule has 0 spiro atoms. The van der Waals surface area contributed by atoms with E-state index in [4.69, 9.17) is 4.74 Å². The van der Waals surface area contributed by atoms with E-state index < -0.39 is 0 Å². The lowest BCUT2D eigenvalue weighted by atomic mass is 9.89. The highest BCUT2D eigenvalue weighted by atomic mass is 32.1. The maximum atomic E-state index is 12.4. The zero-order valence-electron chi connectivity index (χ0n) is 15.8. The number of anilines is 2. The number of urea groups is 1. The van der Waals surface area contributed by atoms with Crippen molar-refractivity contribution in [2.45, 2.75) is 51.0 Å². The van der Waals surface area contributed by atoms with Crippen LogP contribution in [0.1, 0.15) is 44.9 Å². The highest BCUT2D eigenvalue weighted by Crippen LogP contribution is 2.30. The minimum atomic E-state index is -0.254. The van der Waals surface area contributed by atoms with Gasteiger partial charge in [-0.15, -0.1) is 0 Å².